The maximum Gasteiger partial charge on any atom is 0.269 e. The second kappa shape index (κ2) is 82.3. The zero-order chi connectivity index (χ0) is 103. The molecule has 0 saturated heterocycles. The van der Waals surface area contributed by atoms with Crippen molar-refractivity contribution in [3.8, 4) is 17.2 Å². The van der Waals surface area contributed by atoms with Crippen molar-refractivity contribution in [3.05, 3.63) is 165 Å². The molecule has 5 aromatic carbocycles. The molecule has 6 rings (SSSR count). The van der Waals surface area contributed by atoms with Gasteiger partial charge in [-0.05, 0) is 191 Å². The fraction of sp³-hybridized carbons (Fsp3) is 0.769. The Morgan fingerprint density at radius 2 is 0.596 bits per heavy atom. The van der Waals surface area contributed by atoms with Gasteiger partial charge in [0.05, 0.1) is 26.3 Å². The Kier molecular flexibility index (Phi) is 99.6. The number of hydrogen-bond donors (Lipinski definition) is 0. The van der Waals surface area contributed by atoms with Gasteiger partial charge < -0.3 is 14.2 Å². The van der Waals surface area contributed by atoms with Crippen LogP contribution in [0, 0.1) is 76.1 Å². The number of hydrogen-bond acceptors (Lipinski definition) is 5. The molecule has 0 atom stereocenters. The van der Waals surface area contributed by atoms with E-state index in [1.54, 1.807) is 45.6 Å². The highest BCUT2D eigenvalue weighted by atomic mass is 16.6. The van der Waals surface area contributed by atoms with Gasteiger partial charge in [0.2, 0.25) is 0 Å². The highest BCUT2D eigenvalue weighted by Crippen LogP contribution is 2.38. The average molecular weight is 1920 g/mol. The Hall–Kier alpha value is -5.10. The Morgan fingerprint density at radius 1 is 0.316 bits per heavy atom. The molecule has 0 bridgehead atoms. The first-order chi connectivity index (χ1) is 58.0. The third kappa shape index (κ3) is 121. The second-order valence-electron chi connectivity index (χ2n) is 53.0. The first-order valence-electron chi connectivity index (χ1n) is 51.2. The summed E-state index contributed by atoms with van der Waals surface area (Å²) in [6.07, 6.45) is 31.7. The van der Waals surface area contributed by atoms with Crippen molar-refractivity contribution in [3.63, 3.8) is 0 Å². The Balaban J connectivity index is -0.0000000895. The Labute approximate surface area is 863 Å². The van der Waals surface area contributed by atoms with Crippen LogP contribution < -0.4 is 14.2 Å². The smallest absolute Gasteiger partial charge is 0.269 e. The summed E-state index contributed by atoms with van der Waals surface area (Å²) in [7, 11) is 4.99. The molecule has 0 amide bonds. The van der Waals surface area contributed by atoms with Gasteiger partial charge in [0, 0.05) is 12.1 Å². The van der Waals surface area contributed by atoms with Crippen LogP contribution in [0.25, 0.3) is 0 Å². The predicted octanol–water partition coefficient (Wildman–Crippen LogP) is 46.9. The van der Waals surface area contributed by atoms with E-state index in [0.29, 0.717) is 59.6 Å². The number of rotatable bonds is 16. The third-order valence-corrected chi connectivity index (χ3v) is 21.6. The van der Waals surface area contributed by atoms with Crippen molar-refractivity contribution in [2.24, 2.45) is 66.0 Å². The third-order valence-electron chi connectivity index (χ3n) is 21.6. The Morgan fingerprint density at radius 3 is 0.816 bits per heavy atom. The number of unbranched alkanes of at least 4 members (excludes halogenated alkanes) is 6. The van der Waals surface area contributed by atoms with Crippen LogP contribution in [-0.4, -0.2) is 26.3 Å². The number of nitrogens with zero attached hydrogens (tertiary/aromatic N) is 1. The molecule has 136 heavy (non-hydrogen) atoms. The summed E-state index contributed by atoms with van der Waals surface area (Å²) in [6.45, 7) is 115. The lowest BCUT2D eigenvalue weighted by molar-refractivity contribution is -0.384. The molecule has 0 heterocycles. The van der Waals surface area contributed by atoms with Crippen molar-refractivity contribution >= 4 is 5.69 Å². The van der Waals surface area contributed by atoms with Crippen LogP contribution in [0.2, 0.25) is 0 Å². The lowest BCUT2D eigenvalue weighted by Gasteiger charge is -2.33. The first-order valence-corrected chi connectivity index (χ1v) is 51.2. The molecule has 0 spiro atoms. The lowest BCUT2D eigenvalue weighted by Crippen LogP contribution is -2.22. The summed E-state index contributed by atoms with van der Waals surface area (Å²) in [6, 6.07) is 42.1. The van der Waals surface area contributed by atoms with Gasteiger partial charge in [0.15, 0.2) is 11.5 Å². The predicted molar refractivity (Wildman–Crippen MR) is 638 cm³/mol. The van der Waals surface area contributed by atoms with Crippen molar-refractivity contribution in [2.45, 2.75) is 574 Å². The minimum Gasteiger partial charge on any atom is -0.497 e. The van der Waals surface area contributed by atoms with Crippen LogP contribution in [0.3, 0.4) is 0 Å². The van der Waals surface area contributed by atoms with Crippen LogP contribution in [-0.2, 0) is 28.1 Å². The maximum atomic E-state index is 10.4. The number of nitro groups is 1. The minimum absolute atomic E-state index is 0. The van der Waals surface area contributed by atoms with E-state index < -0.39 is 0 Å². The van der Waals surface area contributed by atoms with E-state index in [1.807, 2.05) is 24.3 Å². The lowest BCUT2D eigenvalue weighted by atomic mass is 9.72. The second-order valence-corrected chi connectivity index (χ2v) is 53.0. The first kappa shape index (κ1) is 164. The highest BCUT2D eigenvalue weighted by Gasteiger charge is 2.26. The number of methoxy groups -OCH3 is 3. The number of nitro benzene ring substituents is 1. The largest absolute Gasteiger partial charge is 0.497 e. The van der Waals surface area contributed by atoms with E-state index in [1.165, 1.54) is 164 Å². The normalized spacial score (nSPS) is 12.0. The molecule has 0 unspecified atom stereocenters. The molecule has 1 fully saturated rings. The molecular formula is C130H259NO5. The Bertz CT molecular complexity index is 3300. The summed E-state index contributed by atoms with van der Waals surface area (Å²) in [5.74, 6) is 4.29. The van der Waals surface area contributed by atoms with Gasteiger partial charge in [0.1, 0.15) is 5.75 Å². The summed E-state index contributed by atoms with van der Waals surface area (Å²) in [4.78, 5) is 9.98. The van der Waals surface area contributed by atoms with E-state index in [-0.39, 0.29) is 78.8 Å². The van der Waals surface area contributed by atoms with Crippen molar-refractivity contribution in [1.29, 1.82) is 0 Å². The molecular weight excluding hydrogens is 1660 g/mol. The average Bonchev–Trinajstić information content (AvgIpc) is 0.837. The monoisotopic (exact) mass is 1920 g/mol. The van der Waals surface area contributed by atoms with Gasteiger partial charge in [-0.2, -0.15) is 0 Å². The van der Waals surface area contributed by atoms with E-state index in [9.17, 15) is 10.1 Å². The molecule has 1 saturated carbocycles. The number of ether oxygens (including phenoxy) is 3. The summed E-state index contributed by atoms with van der Waals surface area (Å²) in [5, 5.41) is 10.4. The van der Waals surface area contributed by atoms with Gasteiger partial charge in [0.25, 0.3) is 5.69 Å². The number of benzene rings is 5. The zero-order valence-corrected chi connectivity index (χ0v) is 97.5. The SMILES string of the molecule is C.C.C.C.C.C.C.CC(C)(C)C.CC(C)(C)C1CCCCC1.CC(C)(C)Cc1ccccc1.CC(C)(C)c1ccc([N+](=O)[O-])cc1.CC(C)(C)c1ccccc1.CC(C)C(C)(C)C.CCC(C)(C)C.CCCC(C)(C)C.CCCC(C)(C)C.CCCCC(C)(C)C.CCCCCC(C)(C)C.CCCCCCC(C)(C)C.COc1ccc(C(C)(C)C)cc1.COc1ccc(C(C)(C)C)cc1OC. The molecule has 6 nitrogen and oxygen atoms in total. The topological polar surface area (TPSA) is 70.8 Å². The summed E-state index contributed by atoms with van der Waals surface area (Å²) in [5.41, 5.74) is 12.6. The van der Waals surface area contributed by atoms with Crippen molar-refractivity contribution in [1.82, 2.24) is 0 Å². The van der Waals surface area contributed by atoms with E-state index in [4.69, 9.17) is 14.2 Å². The van der Waals surface area contributed by atoms with E-state index in [0.717, 1.165) is 41.1 Å². The van der Waals surface area contributed by atoms with Gasteiger partial charge in [-0.1, -0.05) is 592 Å². The van der Waals surface area contributed by atoms with Gasteiger partial charge >= 0.3 is 0 Å². The van der Waals surface area contributed by atoms with Crippen LogP contribution in [0.1, 0.15) is 574 Å². The molecule has 6 heteroatoms. The van der Waals surface area contributed by atoms with Gasteiger partial charge in [-0.25, -0.2) is 0 Å². The quantitative estimate of drug-likeness (QED) is 0.0559. The molecule has 0 N–H and O–H groups in total. The molecule has 814 valence electrons. The summed E-state index contributed by atoms with van der Waals surface area (Å²) >= 11 is 0. The number of non-ortho nitro benzene ring substituents is 1. The zero-order valence-electron chi connectivity index (χ0n) is 97.5. The fourth-order valence-corrected chi connectivity index (χ4v) is 11.8. The summed E-state index contributed by atoms with van der Waals surface area (Å²) < 4.78 is 15.5. The van der Waals surface area contributed by atoms with Crippen molar-refractivity contribution < 1.29 is 19.1 Å². The van der Waals surface area contributed by atoms with Crippen LogP contribution in [0.15, 0.2) is 127 Å². The van der Waals surface area contributed by atoms with E-state index >= 15 is 0 Å². The molecule has 1 aliphatic rings. The fourth-order valence-electron chi connectivity index (χ4n) is 11.8. The molecule has 0 radical (unpaired) electrons. The maximum absolute atomic E-state index is 10.4. The van der Waals surface area contributed by atoms with Crippen LogP contribution in [0.4, 0.5) is 5.69 Å². The minimum atomic E-state index is -0.383. The van der Waals surface area contributed by atoms with E-state index in [2.05, 4.69) is 432 Å². The van der Waals surface area contributed by atoms with Crippen molar-refractivity contribution in [2.75, 3.05) is 21.3 Å². The van der Waals surface area contributed by atoms with Gasteiger partial charge in [-0.15, -0.1) is 0 Å². The molecule has 5 aromatic rings. The molecule has 0 aromatic heterocycles. The highest BCUT2D eigenvalue weighted by molar-refractivity contribution is 5.45. The molecule has 1 aliphatic carbocycles. The van der Waals surface area contributed by atoms with Gasteiger partial charge in [-0.3, -0.25) is 10.1 Å². The molecule has 0 aliphatic heterocycles. The van der Waals surface area contributed by atoms with Crippen LogP contribution >= 0.6 is 0 Å². The van der Waals surface area contributed by atoms with Crippen LogP contribution in [0.5, 0.6) is 17.2 Å². The standard InChI is InChI=1S/C12H18O2.C11H16O.C11H16.C10H13NO2.C10H20.C10H14.C10H22.C9H20.C8H18.3C7H16.C6H14.C5H12.7CH4/c1-12(2,3)9-6-7-10(13-4)11(8-9)14-5;1-11(2,3)9-5-7-10(12-4)8-6-9;1-11(2,3)9-10-7-5-4-6-8-10;1-10(2,3)8-4-6-9(7-5-8)11(12)13;2*1-10(2,3)9-7-5-4-6-8-9;1-5-6-7-8-9-10(2,3)4;1-5-6-7-8-9(2,3)4;1-5-6-7-8(2,3)4;1-6(2)7(3,4)5;2*1-5-6-7(2,3)4;1-5-6(2,3)4;1-5(2,3)4;;;;;;;/h6-8H,1-5H3;5-8H,1-4H3;4-8H,9H2,1-3H3;4-7H,1-3H3;9H,4-8H2,1-3H3;4-8H,1-3H3;5-9H2,1-4H3;5-8H2,1-4H3;5-7H2,1-4H3;6H,1-5H3;2*5-6H2,1-4H3;5H2,1-4H3;1-4H3;7*1H4.